The first-order chi connectivity index (χ1) is 5.93. The Morgan fingerprint density at radius 2 is 1.92 bits per heavy atom. The highest BCUT2D eigenvalue weighted by Crippen LogP contribution is 2.19. The van der Waals surface area contributed by atoms with Gasteiger partial charge in [-0.2, -0.15) is 5.26 Å². The van der Waals surface area contributed by atoms with Gasteiger partial charge in [-0.15, -0.1) is 0 Å². The van der Waals surface area contributed by atoms with Crippen LogP contribution in [0.5, 0.6) is 0 Å². The van der Waals surface area contributed by atoms with E-state index in [1.165, 1.54) is 0 Å². The normalized spacial score (nSPS) is 12.2. The smallest absolute Gasteiger partial charge is 0.0684 e. The molecule has 0 rings (SSSR count). The summed E-state index contributed by atoms with van der Waals surface area (Å²) < 4.78 is 0. The lowest BCUT2D eigenvalue weighted by Gasteiger charge is -2.27. The lowest BCUT2D eigenvalue weighted by Crippen LogP contribution is -2.33. The van der Waals surface area contributed by atoms with Crippen LogP contribution in [0.3, 0.4) is 0 Å². The molecule has 0 radical (unpaired) electrons. The highest BCUT2D eigenvalue weighted by Gasteiger charge is 2.18. The maximum absolute atomic E-state index is 8.85. The average molecular weight is 182 g/mol. The molecular weight excluding hydrogens is 160 g/mol. The standard InChI is InChI=1S/C11H22N2/c1-6-13(10(2)3)8-7-11(4,5)9-12/h10H,6-8H2,1-5H3. The molecule has 0 fully saturated rings. The third kappa shape index (κ3) is 4.90. The molecule has 0 atom stereocenters. The zero-order valence-electron chi connectivity index (χ0n) is 9.59. The molecular formula is C11H22N2. The van der Waals surface area contributed by atoms with E-state index >= 15 is 0 Å². The van der Waals surface area contributed by atoms with Crippen LogP contribution in [0, 0.1) is 16.7 Å². The molecule has 0 bridgehead atoms. The van der Waals surface area contributed by atoms with Crippen molar-refractivity contribution >= 4 is 0 Å². The molecule has 0 saturated carbocycles. The topological polar surface area (TPSA) is 27.0 Å². The summed E-state index contributed by atoms with van der Waals surface area (Å²) in [6.07, 6.45) is 0.954. The second kappa shape index (κ2) is 5.24. The summed E-state index contributed by atoms with van der Waals surface area (Å²) in [6, 6.07) is 2.92. The van der Waals surface area contributed by atoms with Gasteiger partial charge in [0.2, 0.25) is 0 Å². The fourth-order valence-corrected chi connectivity index (χ4v) is 1.26. The first kappa shape index (κ1) is 12.4. The molecule has 2 heteroatoms. The van der Waals surface area contributed by atoms with Gasteiger partial charge < -0.3 is 4.90 Å². The lowest BCUT2D eigenvalue weighted by atomic mass is 9.91. The molecule has 0 spiro atoms. The molecule has 0 aliphatic carbocycles. The molecule has 0 saturated heterocycles. The summed E-state index contributed by atoms with van der Waals surface area (Å²) >= 11 is 0. The minimum Gasteiger partial charge on any atom is -0.301 e. The van der Waals surface area contributed by atoms with E-state index in [0.717, 1.165) is 19.5 Å². The Morgan fingerprint density at radius 3 is 2.23 bits per heavy atom. The Labute approximate surface area is 82.5 Å². The molecule has 0 heterocycles. The second-order valence-electron chi connectivity index (χ2n) is 4.47. The van der Waals surface area contributed by atoms with Gasteiger partial charge in [0.15, 0.2) is 0 Å². The van der Waals surface area contributed by atoms with E-state index in [2.05, 4.69) is 31.7 Å². The third-order valence-electron chi connectivity index (χ3n) is 2.46. The van der Waals surface area contributed by atoms with Gasteiger partial charge in [-0.25, -0.2) is 0 Å². The van der Waals surface area contributed by atoms with Gasteiger partial charge >= 0.3 is 0 Å². The van der Waals surface area contributed by atoms with Crippen LogP contribution in [0.1, 0.15) is 41.0 Å². The average Bonchev–Trinajstić information content (AvgIpc) is 2.05. The molecule has 76 valence electrons. The van der Waals surface area contributed by atoms with Crippen LogP contribution >= 0.6 is 0 Å². The monoisotopic (exact) mass is 182 g/mol. The summed E-state index contributed by atoms with van der Waals surface area (Å²) in [4.78, 5) is 2.39. The maximum atomic E-state index is 8.85. The first-order valence-electron chi connectivity index (χ1n) is 5.08. The lowest BCUT2D eigenvalue weighted by molar-refractivity contribution is 0.208. The molecule has 0 aliphatic rings. The minimum absolute atomic E-state index is 0.178. The van der Waals surface area contributed by atoms with Crippen molar-refractivity contribution in [3.63, 3.8) is 0 Å². The van der Waals surface area contributed by atoms with Crippen LogP contribution in [0.2, 0.25) is 0 Å². The Morgan fingerprint density at radius 1 is 1.38 bits per heavy atom. The van der Waals surface area contributed by atoms with Crippen LogP contribution in [-0.4, -0.2) is 24.0 Å². The van der Waals surface area contributed by atoms with E-state index in [1.54, 1.807) is 0 Å². The summed E-state index contributed by atoms with van der Waals surface area (Å²) in [5.74, 6) is 0. The van der Waals surface area contributed by atoms with Crippen LogP contribution in [0.15, 0.2) is 0 Å². The summed E-state index contributed by atoms with van der Waals surface area (Å²) in [6.45, 7) is 12.7. The zero-order chi connectivity index (χ0) is 10.5. The van der Waals surface area contributed by atoms with E-state index in [-0.39, 0.29) is 5.41 Å². The van der Waals surface area contributed by atoms with Crippen molar-refractivity contribution in [3.05, 3.63) is 0 Å². The first-order valence-corrected chi connectivity index (χ1v) is 5.08. The predicted octanol–water partition coefficient (Wildman–Crippen LogP) is 2.66. The fraction of sp³-hybridized carbons (Fsp3) is 0.909. The van der Waals surface area contributed by atoms with Crippen LogP contribution in [-0.2, 0) is 0 Å². The second-order valence-corrected chi connectivity index (χ2v) is 4.47. The van der Waals surface area contributed by atoms with Crippen LogP contribution in [0.4, 0.5) is 0 Å². The third-order valence-corrected chi connectivity index (χ3v) is 2.46. The Balaban J connectivity index is 3.94. The molecule has 0 aromatic carbocycles. The molecule has 0 unspecified atom stereocenters. The van der Waals surface area contributed by atoms with E-state index in [1.807, 2.05) is 13.8 Å². The minimum atomic E-state index is -0.178. The molecule has 0 N–H and O–H groups in total. The van der Waals surface area contributed by atoms with Gasteiger partial charge in [-0.05, 0) is 47.2 Å². The maximum Gasteiger partial charge on any atom is 0.0684 e. The van der Waals surface area contributed by atoms with Crippen molar-refractivity contribution in [1.82, 2.24) is 4.90 Å². The fourth-order valence-electron chi connectivity index (χ4n) is 1.26. The van der Waals surface area contributed by atoms with Crippen LogP contribution < -0.4 is 0 Å². The van der Waals surface area contributed by atoms with E-state index in [4.69, 9.17) is 5.26 Å². The summed E-state index contributed by atoms with van der Waals surface area (Å²) in [7, 11) is 0. The van der Waals surface area contributed by atoms with E-state index in [9.17, 15) is 0 Å². The van der Waals surface area contributed by atoms with Gasteiger partial charge in [0.1, 0.15) is 0 Å². The van der Waals surface area contributed by atoms with Crippen LogP contribution in [0.25, 0.3) is 0 Å². The molecule has 0 amide bonds. The molecule has 0 aromatic heterocycles. The number of rotatable bonds is 5. The molecule has 13 heavy (non-hydrogen) atoms. The van der Waals surface area contributed by atoms with Gasteiger partial charge in [-0.3, -0.25) is 0 Å². The van der Waals surface area contributed by atoms with Crippen molar-refractivity contribution in [2.24, 2.45) is 5.41 Å². The highest BCUT2D eigenvalue weighted by atomic mass is 15.1. The number of hydrogen-bond donors (Lipinski definition) is 0. The summed E-state index contributed by atoms with van der Waals surface area (Å²) in [5.41, 5.74) is -0.178. The number of nitriles is 1. The predicted molar refractivity (Wildman–Crippen MR) is 56.4 cm³/mol. The zero-order valence-corrected chi connectivity index (χ0v) is 9.59. The van der Waals surface area contributed by atoms with Gasteiger partial charge in [-0.1, -0.05) is 6.92 Å². The van der Waals surface area contributed by atoms with Gasteiger partial charge in [0, 0.05) is 6.04 Å². The molecule has 2 nitrogen and oxygen atoms in total. The largest absolute Gasteiger partial charge is 0.301 e. The Bertz CT molecular complexity index is 177. The van der Waals surface area contributed by atoms with Crippen molar-refractivity contribution in [1.29, 1.82) is 5.26 Å². The summed E-state index contributed by atoms with van der Waals surface area (Å²) in [5, 5.41) is 8.85. The SMILES string of the molecule is CCN(CCC(C)(C)C#N)C(C)C. The van der Waals surface area contributed by atoms with Crippen molar-refractivity contribution < 1.29 is 0 Å². The van der Waals surface area contributed by atoms with Crippen molar-refractivity contribution in [3.8, 4) is 6.07 Å². The van der Waals surface area contributed by atoms with Crippen molar-refractivity contribution in [2.45, 2.75) is 47.1 Å². The van der Waals surface area contributed by atoms with Gasteiger partial charge in [0.25, 0.3) is 0 Å². The van der Waals surface area contributed by atoms with Gasteiger partial charge in [0.05, 0.1) is 11.5 Å². The molecule has 0 aromatic rings. The number of hydrogen-bond acceptors (Lipinski definition) is 2. The highest BCUT2D eigenvalue weighted by molar-refractivity contribution is 4.92. The van der Waals surface area contributed by atoms with E-state index < -0.39 is 0 Å². The van der Waals surface area contributed by atoms with Crippen molar-refractivity contribution in [2.75, 3.05) is 13.1 Å². The Kier molecular flexibility index (Phi) is 5.02. The molecule has 0 aliphatic heterocycles. The van der Waals surface area contributed by atoms with E-state index in [0.29, 0.717) is 6.04 Å². The quantitative estimate of drug-likeness (QED) is 0.653. The number of nitrogens with zero attached hydrogens (tertiary/aromatic N) is 2. The Hall–Kier alpha value is -0.550.